The SMILES string of the molecule is O=C(CCNCC(O)c1ccccc1)c1ccco1. The Morgan fingerprint density at radius 3 is 2.68 bits per heavy atom. The molecule has 0 radical (unpaired) electrons. The monoisotopic (exact) mass is 259 g/mol. The first kappa shape index (κ1) is 13.5. The van der Waals surface area contributed by atoms with E-state index in [4.69, 9.17) is 4.42 Å². The van der Waals surface area contributed by atoms with Crippen molar-refractivity contribution in [1.29, 1.82) is 0 Å². The van der Waals surface area contributed by atoms with Crippen molar-refractivity contribution in [2.24, 2.45) is 0 Å². The van der Waals surface area contributed by atoms with E-state index < -0.39 is 6.10 Å². The highest BCUT2D eigenvalue weighted by Gasteiger charge is 2.09. The van der Waals surface area contributed by atoms with Gasteiger partial charge in [0.1, 0.15) is 0 Å². The Morgan fingerprint density at radius 2 is 2.00 bits per heavy atom. The van der Waals surface area contributed by atoms with Crippen molar-refractivity contribution in [1.82, 2.24) is 5.32 Å². The average Bonchev–Trinajstić information content (AvgIpc) is 2.98. The van der Waals surface area contributed by atoms with Crippen molar-refractivity contribution in [3.8, 4) is 0 Å². The van der Waals surface area contributed by atoms with Gasteiger partial charge in [-0.25, -0.2) is 0 Å². The van der Waals surface area contributed by atoms with Crippen molar-refractivity contribution in [2.75, 3.05) is 13.1 Å². The summed E-state index contributed by atoms with van der Waals surface area (Å²) in [5.74, 6) is 0.345. The molecule has 0 amide bonds. The van der Waals surface area contributed by atoms with Crippen LogP contribution in [0, 0.1) is 0 Å². The molecular weight excluding hydrogens is 242 g/mol. The van der Waals surface area contributed by atoms with Gasteiger partial charge < -0.3 is 14.8 Å². The van der Waals surface area contributed by atoms with Crippen LogP contribution in [0.2, 0.25) is 0 Å². The molecule has 0 aliphatic carbocycles. The van der Waals surface area contributed by atoms with Crippen LogP contribution in [-0.2, 0) is 0 Å². The highest BCUT2D eigenvalue weighted by atomic mass is 16.3. The van der Waals surface area contributed by atoms with Crippen LogP contribution >= 0.6 is 0 Å². The maximum absolute atomic E-state index is 11.6. The molecule has 0 fully saturated rings. The number of hydrogen-bond acceptors (Lipinski definition) is 4. The number of benzene rings is 1. The minimum Gasteiger partial charge on any atom is -0.461 e. The van der Waals surface area contributed by atoms with Gasteiger partial charge in [0.2, 0.25) is 0 Å². The first-order valence-electron chi connectivity index (χ1n) is 6.28. The third-order valence-corrected chi connectivity index (χ3v) is 2.85. The smallest absolute Gasteiger partial charge is 0.199 e. The molecule has 1 unspecified atom stereocenters. The summed E-state index contributed by atoms with van der Waals surface area (Å²) in [6.07, 6.45) is 1.29. The summed E-state index contributed by atoms with van der Waals surface area (Å²) < 4.78 is 5.02. The number of aliphatic hydroxyl groups is 1. The number of carbonyl (C=O) groups excluding carboxylic acids is 1. The molecule has 0 saturated carbocycles. The molecule has 0 spiro atoms. The number of hydrogen-bond donors (Lipinski definition) is 2. The van der Waals surface area contributed by atoms with Gasteiger partial charge in [0, 0.05) is 19.5 Å². The molecule has 1 heterocycles. The van der Waals surface area contributed by atoms with E-state index in [1.165, 1.54) is 6.26 Å². The van der Waals surface area contributed by atoms with Crippen LogP contribution in [0.3, 0.4) is 0 Å². The number of aliphatic hydroxyl groups excluding tert-OH is 1. The summed E-state index contributed by atoms with van der Waals surface area (Å²) in [6.45, 7) is 0.943. The standard InChI is InChI=1S/C15H17NO3/c17-13(15-7-4-10-19-15)8-9-16-11-14(18)12-5-2-1-3-6-12/h1-7,10,14,16,18H,8-9,11H2. The number of nitrogens with one attached hydrogen (secondary N) is 1. The molecule has 0 bridgehead atoms. The number of furan rings is 1. The normalized spacial score (nSPS) is 12.3. The second kappa shape index (κ2) is 6.87. The van der Waals surface area contributed by atoms with Crippen LogP contribution in [0.4, 0.5) is 0 Å². The minimum absolute atomic E-state index is 0.0355. The lowest BCUT2D eigenvalue weighted by molar-refractivity contribution is 0.0953. The van der Waals surface area contributed by atoms with Crippen LogP contribution in [0.15, 0.2) is 53.1 Å². The lowest BCUT2D eigenvalue weighted by atomic mass is 10.1. The van der Waals surface area contributed by atoms with Gasteiger partial charge in [0.25, 0.3) is 0 Å². The number of carbonyl (C=O) groups is 1. The quantitative estimate of drug-likeness (QED) is 0.591. The van der Waals surface area contributed by atoms with Crippen molar-refractivity contribution < 1.29 is 14.3 Å². The third-order valence-electron chi connectivity index (χ3n) is 2.85. The Balaban J connectivity index is 1.68. The summed E-state index contributed by atoms with van der Waals surface area (Å²) >= 11 is 0. The molecule has 1 aromatic carbocycles. The fourth-order valence-corrected chi connectivity index (χ4v) is 1.79. The van der Waals surface area contributed by atoms with Crippen molar-refractivity contribution in [3.63, 3.8) is 0 Å². The molecular formula is C15H17NO3. The van der Waals surface area contributed by atoms with E-state index in [2.05, 4.69) is 5.32 Å². The topological polar surface area (TPSA) is 62.5 Å². The summed E-state index contributed by atoms with van der Waals surface area (Å²) in [7, 11) is 0. The second-order valence-corrected chi connectivity index (χ2v) is 4.28. The van der Waals surface area contributed by atoms with Gasteiger partial charge in [-0.15, -0.1) is 0 Å². The molecule has 2 aromatic rings. The van der Waals surface area contributed by atoms with Crippen LogP contribution in [0.25, 0.3) is 0 Å². The summed E-state index contributed by atoms with van der Waals surface area (Å²) in [4.78, 5) is 11.6. The van der Waals surface area contributed by atoms with Gasteiger partial charge in [0.15, 0.2) is 11.5 Å². The largest absolute Gasteiger partial charge is 0.461 e. The van der Waals surface area contributed by atoms with Gasteiger partial charge >= 0.3 is 0 Å². The predicted molar refractivity (Wildman–Crippen MR) is 71.9 cm³/mol. The summed E-state index contributed by atoms with van der Waals surface area (Å²) in [6, 6.07) is 12.8. The van der Waals surface area contributed by atoms with E-state index in [1.54, 1.807) is 12.1 Å². The average molecular weight is 259 g/mol. The van der Waals surface area contributed by atoms with Gasteiger partial charge in [0.05, 0.1) is 12.4 Å². The molecule has 100 valence electrons. The van der Waals surface area contributed by atoms with E-state index in [9.17, 15) is 9.90 Å². The third kappa shape index (κ3) is 4.05. The first-order valence-corrected chi connectivity index (χ1v) is 6.28. The van der Waals surface area contributed by atoms with Crippen LogP contribution < -0.4 is 5.32 Å². The predicted octanol–water partition coefficient (Wildman–Crippen LogP) is 2.18. The fraction of sp³-hybridized carbons (Fsp3) is 0.267. The molecule has 4 heteroatoms. The number of Topliss-reactive ketones (excluding diaryl/α,β-unsaturated/α-hetero) is 1. The molecule has 19 heavy (non-hydrogen) atoms. The Bertz CT molecular complexity index is 493. The van der Waals surface area contributed by atoms with Gasteiger partial charge in [-0.05, 0) is 17.7 Å². The van der Waals surface area contributed by atoms with Crippen LogP contribution in [-0.4, -0.2) is 24.0 Å². The van der Waals surface area contributed by atoms with Gasteiger partial charge in [-0.1, -0.05) is 30.3 Å². The van der Waals surface area contributed by atoms with Crippen molar-refractivity contribution in [2.45, 2.75) is 12.5 Å². The Morgan fingerprint density at radius 1 is 1.21 bits per heavy atom. The Kier molecular flexibility index (Phi) is 4.89. The highest BCUT2D eigenvalue weighted by molar-refractivity contribution is 5.93. The molecule has 1 atom stereocenters. The fourth-order valence-electron chi connectivity index (χ4n) is 1.79. The van der Waals surface area contributed by atoms with E-state index in [-0.39, 0.29) is 5.78 Å². The zero-order valence-corrected chi connectivity index (χ0v) is 10.6. The minimum atomic E-state index is -0.556. The molecule has 4 nitrogen and oxygen atoms in total. The van der Waals surface area contributed by atoms with Crippen LogP contribution in [0.5, 0.6) is 0 Å². The molecule has 2 N–H and O–H groups in total. The van der Waals surface area contributed by atoms with E-state index >= 15 is 0 Å². The van der Waals surface area contributed by atoms with Gasteiger partial charge in [-0.3, -0.25) is 4.79 Å². The van der Waals surface area contributed by atoms with Gasteiger partial charge in [-0.2, -0.15) is 0 Å². The maximum Gasteiger partial charge on any atom is 0.199 e. The first-order chi connectivity index (χ1) is 9.27. The highest BCUT2D eigenvalue weighted by Crippen LogP contribution is 2.10. The summed E-state index contributed by atoms with van der Waals surface area (Å²) in [5, 5.41) is 13.0. The molecule has 0 saturated heterocycles. The molecule has 1 aromatic heterocycles. The van der Waals surface area contributed by atoms with Crippen molar-refractivity contribution >= 4 is 5.78 Å². The lowest BCUT2D eigenvalue weighted by Crippen LogP contribution is -2.24. The number of ketones is 1. The lowest BCUT2D eigenvalue weighted by Gasteiger charge is -2.11. The Labute approximate surface area is 112 Å². The van der Waals surface area contributed by atoms with E-state index in [0.717, 1.165) is 5.56 Å². The van der Waals surface area contributed by atoms with Crippen molar-refractivity contribution in [3.05, 3.63) is 60.1 Å². The zero-order valence-electron chi connectivity index (χ0n) is 10.6. The number of rotatable bonds is 7. The van der Waals surface area contributed by atoms with Crippen LogP contribution in [0.1, 0.15) is 28.6 Å². The Hall–Kier alpha value is -1.91. The summed E-state index contributed by atoms with van der Waals surface area (Å²) in [5.41, 5.74) is 0.868. The van der Waals surface area contributed by atoms with E-state index in [1.807, 2.05) is 30.3 Å². The molecule has 0 aliphatic heterocycles. The maximum atomic E-state index is 11.6. The zero-order chi connectivity index (χ0) is 13.5. The second-order valence-electron chi connectivity index (χ2n) is 4.28. The van der Waals surface area contributed by atoms with E-state index in [0.29, 0.717) is 25.3 Å². The molecule has 2 rings (SSSR count). The molecule has 0 aliphatic rings.